The van der Waals surface area contributed by atoms with Crippen molar-refractivity contribution in [1.82, 2.24) is 15.1 Å². The Bertz CT molecular complexity index is 1970. The molecular weight excluding hydrogens is 694 g/mol. The fourth-order valence-corrected chi connectivity index (χ4v) is 6.65. The Morgan fingerprint density at radius 3 is 1.52 bits per heavy atom. The monoisotopic (exact) mass is 727 g/mol. The number of nitrogens with one attached hydrogen (secondary N) is 1. The molecule has 6 rings (SSSR count). The smallest absolute Gasteiger partial charge is 0.336 e. The summed E-state index contributed by atoms with van der Waals surface area (Å²) in [5.41, 5.74) is 2.13. The lowest BCUT2D eigenvalue weighted by molar-refractivity contribution is -0.139. The van der Waals surface area contributed by atoms with Gasteiger partial charge in [0.15, 0.2) is 0 Å². The molecule has 1 unspecified atom stereocenters. The van der Waals surface area contributed by atoms with Crippen molar-refractivity contribution in [2.75, 3.05) is 53.2 Å². The summed E-state index contributed by atoms with van der Waals surface area (Å²) in [6.45, 7) is 0.927. The van der Waals surface area contributed by atoms with Crippen molar-refractivity contribution in [3.05, 3.63) is 128 Å². The Morgan fingerprint density at radius 1 is 0.673 bits per heavy atom. The van der Waals surface area contributed by atoms with Crippen molar-refractivity contribution < 1.29 is 47.7 Å². The van der Waals surface area contributed by atoms with Crippen molar-refractivity contribution in [3.63, 3.8) is 0 Å². The van der Waals surface area contributed by atoms with E-state index in [2.05, 4.69) is 5.32 Å². The number of carbonyl (C=O) groups is 6. The number of nitrogens with zero attached hydrogens (tertiary/aromatic N) is 2. The average molecular weight is 728 g/mol. The number of ether oxygens (including phenoxy) is 4. The van der Waals surface area contributed by atoms with E-state index in [0.717, 1.165) is 9.80 Å². The van der Waals surface area contributed by atoms with E-state index in [4.69, 9.17) is 30.5 Å². The minimum Gasteiger partial charge on any atom is -0.466 e. The number of rotatable bonds is 14. The van der Waals surface area contributed by atoms with Crippen molar-refractivity contribution in [2.24, 2.45) is 0 Å². The molecule has 3 aromatic rings. The van der Waals surface area contributed by atoms with Gasteiger partial charge < -0.3 is 24.3 Å². The molecule has 13 nitrogen and oxygen atoms in total. The molecule has 4 amide bonds. The highest BCUT2D eigenvalue weighted by molar-refractivity contribution is 6.31. The van der Waals surface area contributed by atoms with E-state index in [1.54, 1.807) is 79.7 Å². The van der Waals surface area contributed by atoms with Crippen LogP contribution in [-0.2, 0) is 28.5 Å². The van der Waals surface area contributed by atoms with E-state index in [-0.39, 0.29) is 73.7 Å². The molecule has 1 N–H and O–H groups in total. The number of amides is 4. The van der Waals surface area contributed by atoms with Gasteiger partial charge in [0, 0.05) is 5.02 Å². The van der Waals surface area contributed by atoms with E-state index in [1.807, 2.05) is 0 Å². The second-order valence-electron chi connectivity index (χ2n) is 11.8. The standard InChI is InChI=1S/C38H34ClN3O10/c1-3-52-38(48)32-29(21-51-19-17-42-35(45)24-12-6-7-13-25(24)36(42)46)40-28(31(37(47)49-2)30(32)26-14-8-9-15-27(26)39)20-50-18-16-41-33(43)22-10-4-5-11-23(22)34(41)44/h4-15,30,40H,3,16-21H2,1-2H3. The maximum Gasteiger partial charge on any atom is 0.336 e. The third kappa shape index (κ3) is 6.85. The number of esters is 2. The van der Waals surface area contributed by atoms with Crippen LogP contribution in [0.15, 0.2) is 95.3 Å². The highest BCUT2D eigenvalue weighted by Gasteiger charge is 2.41. The number of imide groups is 2. The van der Waals surface area contributed by atoms with Crippen LogP contribution in [0.4, 0.5) is 0 Å². The average Bonchev–Trinajstić information content (AvgIpc) is 3.54. The molecule has 3 aliphatic rings. The summed E-state index contributed by atoms with van der Waals surface area (Å²) in [5.74, 6) is -4.35. The van der Waals surface area contributed by atoms with Crippen LogP contribution in [0.25, 0.3) is 0 Å². The maximum absolute atomic E-state index is 13.7. The first-order chi connectivity index (χ1) is 25.2. The molecule has 52 heavy (non-hydrogen) atoms. The van der Waals surface area contributed by atoms with Crippen LogP contribution >= 0.6 is 11.6 Å². The van der Waals surface area contributed by atoms with Gasteiger partial charge in [0.05, 0.1) is 104 Å². The van der Waals surface area contributed by atoms with Gasteiger partial charge in [-0.2, -0.15) is 0 Å². The first-order valence-electron chi connectivity index (χ1n) is 16.5. The van der Waals surface area contributed by atoms with E-state index < -0.39 is 41.5 Å². The zero-order chi connectivity index (χ0) is 36.9. The van der Waals surface area contributed by atoms with Crippen LogP contribution in [0.2, 0.25) is 5.02 Å². The van der Waals surface area contributed by atoms with E-state index >= 15 is 0 Å². The van der Waals surface area contributed by atoms with Crippen molar-refractivity contribution in [2.45, 2.75) is 12.8 Å². The molecule has 0 saturated heterocycles. The fraction of sp³-hybridized carbons (Fsp3) is 0.263. The van der Waals surface area contributed by atoms with E-state index in [9.17, 15) is 28.8 Å². The van der Waals surface area contributed by atoms with Crippen LogP contribution in [0.1, 0.15) is 59.8 Å². The van der Waals surface area contributed by atoms with Gasteiger partial charge in [0.25, 0.3) is 23.6 Å². The third-order valence-corrected chi connectivity index (χ3v) is 9.16. The molecule has 1 atom stereocenters. The van der Waals surface area contributed by atoms with Gasteiger partial charge >= 0.3 is 11.9 Å². The van der Waals surface area contributed by atoms with Gasteiger partial charge in [0.1, 0.15) is 0 Å². The molecule has 0 fully saturated rings. The largest absolute Gasteiger partial charge is 0.466 e. The van der Waals surface area contributed by atoms with Crippen LogP contribution in [0.3, 0.4) is 0 Å². The number of fused-ring (bicyclic) bond motifs is 2. The highest BCUT2D eigenvalue weighted by atomic mass is 35.5. The summed E-state index contributed by atoms with van der Waals surface area (Å²) in [4.78, 5) is 80.9. The van der Waals surface area contributed by atoms with Gasteiger partial charge in [-0.3, -0.25) is 29.0 Å². The molecule has 0 spiro atoms. The maximum atomic E-state index is 13.7. The Hall–Kier alpha value is -5.63. The fourth-order valence-electron chi connectivity index (χ4n) is 6.40. The number of methoxy groups -OCH3 is 1. The van der Waals surface area contributed by atoms with E-state index in [0.29, 0.717) is 27.8 Å². The summed E-state index contributed by atoms with van der Waals surface area (Å²) in [6, 6.07) is 19.8. The molecule has 0 bridgehead atoms. The SMILES string of the molecule is CCOC(=O)C1=C(COCCN2C(=O)c3ccccc3C2=O)NC(COCCN2C(=O)c3ccccc3C2=O)=C(C(=O)OC)C1c1ccccc1Cl. The topological polar surface area (TPSA) is 158 Å². The quantitative estimate of drug-likeness (QED) is 0.146. The van der Waals surface area contributed by atoms with Gasteiger partial charge in [-0.05, 0) is 42.8 Å². The minimum atomic E-state index is -1.09. The Morgan fingerprint density at radius 2 is 1.10 bits per heavy atom. The molecule has 0 aromatic heterocycles. The van der Waals surface area contributed by atoms with Gasteiger partial charge in [-0.15, -0.1) is 0 Å². The number of halogens is 1. The summed E-state index contributed by atoms with van der Waals surface area (Å²) in [6.07, 6.45) is 0. The Balaban J connectivity index is 1.25. The molecule has 3 heterocycles. The zero-order valence-corrected chi connectivity index (χ0v) is 29.1. The normalized spacial score (nSPS) is 16.7. The molecule has 3 aliphatic heterocycles. The first kappa shape index (κ1) is 36.2. The predicted octanol–water partition coefficient (Wildman–Crippen LogP) is 3.90. The van der Waals surface area contributed by atoms with Crippen LogP contribution in [-0.4, -0.2) is 98.6 Å². The summed E-state index contributed by atoms with van der Waals surface area (Å²) in [7, 11) is 1.20. The highest BCUT2D eigenvalue weighted by Crippen LogP contribution is 2.42. The lowest BCUT2D eigenvalue weighted by Gasteiger charge is -2.33. The zero-order valence-electron chi connectivity index (χ0n) is 28.3. The molecule has 0 radical (unpaired) electrons. The summed E-state index contributed by atoms with van der Waals surface area (Å²) < 4.78 is 22.5. The van der Waals surface area contributed by atoms with Crippen LogP contribution in [0, 0.1) is 0 Å². The molecule has 268 valence electrons. The van der Waals surface area contributed by atoms with E-state index in [1.165, 1.54) is 7.11 Å². The number of benzene rings is 3. The molecule has 14 heteroatoms. The number of hydrogen-bond donors (Lipinski definition) is 1. The number of hydrogen-bond acceptors (Lipinski definition) is 11. The lowest BCUT2D eigenvalue weighted by Crippen LogP contribution is -2.38. The number of dihydropyridines is 1. The van der Waals surface area contributed by atoms with Crippen molar-refractivity contribution in [1.29, 1.82) is 0 Å². The van der Waals surface area contributed by atoms with Crippen molar-refractivity contribution in [3.8, 4) is 0 Å². The second-order valence-corrected chi connectivity index (χ2v) is 12.2. The Kier molecular flexibility index (Phi) is 10.9. The first-order valence-corrected chi connectivity index (χ1v) is 16.8. The van der Waals surface area contributed by atoms with Gasteiger partial charge in [-0.1, -0.05) is 54.1 Å². The summed E-state index contributed by atoms with van der Waals surface area (Å²) >= 11 is 6.67. The molecular formula is C38H34ClN3O10. The predicted molar refractivity (Wildman–Crippen MR) is 185 cm³/mol. The Labute approximate surface area is 303 Å². The van der Waals surface area contributed by atoms with Crippen LogP contribution < -0.4 is 5.32 Å². The lowest BCUT2D eigenvalue weighted by atomic mass is 9.80. The second kappa shape index (κ2) is 15.7. The van der Waals surface area contributed by atoms with Crippen LogP contribution in [0.5, 0.6) is 0 Å². The van der Waals surface area contributed by atoms with Gasteiger partial charge in [0.2, 0.25) is 0 Å². The van der Waals surface area contributed by atoms with Crippen molar-refractivity contribution >= 4 is 47.2 Å². The molecule has 3 aromatic carbocycles. The number of carbonyl (C=O) groups excluding carboxylic acids is 6. The van der Waals surface area contributed by atoms with Gasteiger partial charge in [-0.25, -0.2) is 9.59 Å². The summed E-state index contributed by atoms with van der Waals surface area (Å²) in [5, 5.41) is 3.38. The minimum absolute atomic E-state index is 0.0224. The molecule has 0 aliphatic carbocycles. The third-order valence-electron chi connectivity index (χ3n) is 8.81. The molecule has 0 saturated carbocycles.